The topological polar surface area (TPSA) is 15.3 Å². The van der Waals surface area contributed by atoms with E-state index in [0.29, 0.717) is 0 Å². The first-order chi connectivity index (χ1) is 8.33. The lowest BCUT2D eigenvalue weighted by molar-refractivity contribution is 0.186. The molecule has 100 valence electrons. The molecule has 1 saturated carbocycles. The molecule has 0 spiro atoms. The van der Waals surface area contributed by atoms with Crippen molar-refractivity contribution < 1.29 is 0 Å². The van der Waals surface area contributed by atoms with Gasteiger partial charge in [-0.15, -0.1) is 0 Å². The summed E-state index contributed by atoms with van der Waals surface area (Å²) in [4.78, 5) is 2.72. The van der Waals surface area contributed by atoms with Crippen LogP contribution >= 0.6 is 11.8 Å². The van der Waals surface area contributed by atoms with Crippen LogP contribution in [0.25, 0.3) is 0 Å². The summed E-state index contributed by atoms with van der Waals surface area (Å²) in [6.07, 6.45) is 9.35. The largest absolute Gasteiger partial charge is 0.314 e. The number of likely N-dealkylation sites (tertiary alicyclic amines) is 1. The maximum atomic E-state index is 3.67. The van der Waals surface area contributed by atoms with Gasteiger partial charge in [0.1, 0.15) is 0 Å². The fourth-order valence-corrected chi connectivity index (χ4v) is 4.13. The molecule has 1 aliphatic carbocycles. The summed E-state index contributed by atoms with van der Waals surface area (Å²) in [5.74, 6) is 0.917. The highest BCUT2D eigenvalue weighted by atomic mass is 32.2. The molecule has 1 N–H and O–H groups in total. The van der Waals surface area contributed by atoms with Crippen LogP contribution in [0.3, 0.4) is 0 Å². The van der Waals surface area contributed by atoms with Crippen molar-refractivity contribution in [2.24, 2.45) is 5.92 Å². The first-order valence-corrected chi connectivity index (χ1v) is 8.60. The molecule has 2 fully saturated rings. The molecule has 1 heterocycles. The van der Waals surface area contributed by atoms with Crippen LogP contribution in [-0.4, -0.2) is 48.6 Å². The second-order valence-electron chi connectivity index (χ2n) is 5.59. The first-order valence-electron chi connectivity index (χ1n) is 7.32. The number of hydrogen-bond acceptors (Lipinski definition) is 3. The molecule has 0 aromatic rings. The van der Waals surface area contributed by atoms with Crippen LogP contribution in [0.15, 0.2) is 0 Å². The number of nitrogens with one attached hydrogen (secondary N) is 1. The van der Waals surface area contributed by atoms with Crippen molar-refractivity contribution in [2.75, 3.05) is 32.4 Å². The molecule has 2 unspecified atom stereocenters. The van der Waals surface area contributed by atoms with Crippen LogP contribution in [0.2, 0.25) is 0 Å². The Kier molecular flexibility index (Phi) is 5.64. The Morgan fingerprint density at radius 2 is 1.94 bits per heavy atom. The van der Waals surface area contributed by atoms with Crippen LogP contribution in [0, 0.1) is 5.92 Å². The van der Waals surface area contributed by atoms with Gasteiger partial charge in [0.05, 0.1) is 0 Å². The summed E-state index contributed by atoms with van der Waals surface area (Å²) in [6.45, 7) is 7.38. The minimum atomic E-state index is 0.804. The first kappa shape index (κ1) is 13.7. The van der Waals surface area contributed by atoms with E-state index in [9.17, 15) is 0 Å². The fourth-order valence-electron chi connectivity index (χ4n) is 3.45. The normalized spacial score (nSPS) is 32.1. The minimum absolute atomic E-state index is 0.804. The van der Waals surface area contributed by atoms with E-state index in [0.717, 1.165) is 23.8 Å². The standard InChI is InChI=1S/C14H28N2S/c1-3-15-14-6-4-5-12(14)11-16-9-7-13(17-2)8-10-16/h12-15H,3-11H2,1-2H3. The molecule has 2 aliphatic rings. The molecule has 1 aliphatic heterocycles. The maximum Gasteiger partial charge on any atom is 0.0107 e. The Morgan fingerprint density at radius 1 is 1.18 bits per heavy atom. The van der Waals surface area contributed by atoms with Gasteiger partial charge in [-0.05, 0) is 57.5 Å². The number of piperidine rings is 1. The third-order valence-electron chi connectivity index (χ3n) is 4.49. The highest BCUT2D eigenvalue weighted by Gasteiger charge is 2.29. The summed E-state index contributed by atoms with van der Waals surface area (Å²) in [7, 11) is 0. The zero-order chi connectivity index (χ0) is 12.1. The molecule has 2 nitrogen and oxygen atoms in total. The predicted molar refractivity (Wildman–Crippen MR) is 77.8 cm³/mol. The summed E-state index contributed by atoms with van der Waals surface area (Å²) in [5.41, 5.74) is 0. The van der Waals surface area contributed by atoms with Gasteiger partial charge < -0.3 is 10.2 Å². The van der Waals surface area contributed by atoms with Gasteiger partial charge in [0.2, 0.25) is 0 Å². The summed E-state index contributed by atoms with van der Waals surface area (Å²) in [5, 5.41) is 4.60. The van der Waals surface area contributed by atoms with Crippen molar-refractivity contribution in [3.8, 4) is 0 Å². The van der Waals surface area contributed by atoms with Gasteiger partial charge >= 0.3 is 0 Å². The molecule has 0 amide bonds. The molecule has 3 heteroatoms. The summed E-state index contributed by atoms with van der Waals surface area (Å²) < 4.78 is 0. The van der Waals surface area contributed by atoms with E-state index in [2.05, 4.69) is 35.2 Å². The molecule has 2 atom stereocenters. The lowest BCUT2D eigenvalue weighted by Gasteiger charge is -2.34. The molecule has 0 bridgehead atoms. The number of rotatable bonds is 5. The van der Waals surface area contributed by atoms with Crippen LogP contribution in [-0.2, 0) is 0 Å². The monoisotopic (exact) mass is 256 g/mol. The van der Waals surface area contributed by atoms with Gasteiger partial charge in [-0.2, -0.15) is 11.8 Å². The molecular formula is C14H28N2S. The van der Waals surface area contributed by atoms with Crippen molar-refractivity contribution in [3.05, 3.63) is 0 Å². The van der Waals surface area contributed by atoms with Gasteiger partial charge in [0.15, 0.2) is 0 Å². The quantitative estimate of drug-likeness (QED) is 0.814. The van der Waals surface area contributed by atoms with Crippen molar-refractivity contribution >= 4 is 11.8 Å². The van der Waals surface area contributed by atoms with Crippen molar-refractivity contribution in [1.29, 1.82) is 0 Å². The van der Waals surface area contributed by atoms with Gasteiger partial charge in [-0.25, -0.2) is 0 Å². The Hall–Kier alpha value is 0.270. The van der Waals surface area contributed by atoms with E-state index >= 15 is 0 Å². The second-order valence-corrected chi connectivity index (χ2v) is 6.73. The maximum absolute atomic E-state index is 3.67. The molecule has 1 saturated heterocycles. The van der Waals surface area contributed by atoms with E-state index in [-0.39, 0.29) is 0 Å². The molecular weight excluding hydrogens is 228 g/mol. The van der Waals surface area contributed by atoms with E-state index in [1.165, 1.54) is 51.7 Å². The highest BCUT2D eigenvalue weighted by molar-refractivity contribution is 7.99. The molecule has 17 heavy (non-hydrogen) atoms. The van der Waals surface area contributed by atoms with Gasteiger partial charge in [-0.3, -0.25) is 0 Å². The summed E-state index contributed by atoms with van der Waals surface area (Å²) >= 11 is 2.06. The average Bonchev–Trinajstić information content (AvgIpc) is 2.78. The van der Waals surface area contributed by atoms with E-state index < -0.39 is 0 Å². The second kappa shape index (κ2) is 7.01. The summed E-state index contributed by atoms with van der Waals surface area (Å²) in [6, 6.07) is 0.804. The Morgan fingerprint density at radius 3 is 2.59 bits per heavy atom. The van der Waals surface area contributed by atoms with E-state index in [4.69, 9.17) is 0 Å². The Balaban J connectivity index is 1.73. The predicted octanol–water partition coefficient (Wildman–Crippen LogP) is 2.59. The zero-order valence-corrected chi connectivity index (χ0v) is 12.3. The van der Waals surface area contributed by atoms with Crippen molar-refractivity contribution in [3.63, 3.8) is 0 Å². The molecule has 0 aromatic carbocycles. The lowest BCUT2D eigenvalue weighted by atomic mass is 10.0. The third kappa shape index (κ3) is 3.87. The van der Waals surface area contributed by atoms with Crippen molar-refractivity contribution in [1.82, 2.24) is 10.2 Å². The molecule has 0 aromatic heterocycles. The van der Waals surface area contributed by atoms with E-state index in [1.807, 2.05) is 0 Å². The highest BCUT2D eigenvalue weighted by Crippen LogP contribution is 2.28. The number of nitrogens with zero attached hydrogens (tertiary/aromatic N) is 1. The van der Waals surface area contributed by atoms with Gasteiger partial charge in [0, 0.05) is 17.8 Å². The zero-order valence-electron chi connectivity index (χ0n) is 11.5. The number of thioether (sulfide) groups is 1. The van der Waals surface area contributed by atoms with E-state index in [1.54, 1.807) is 0 Å². The lowest BCUT2D eigenvalue weighted by Crippen LogP contribution is -2.42. The van der Waals surface area contributed by atoms with Crippen LogP contribution in [0.1, 0.15) is 39.0 Å². The third-order valence-corrected chi connectivity index (χ3v) is 5.62. The van der Waals surface area contributed by atoms with Crippen LogP contribution < -0.4 is 5.32 Å². The van der Waals surface area contributed by atoms with Gasteiger partial charge in [0.25, 0.3) is 0 Å². The van der Waals surface area contributed by atoms with Gasteiger partial charge in [-0.1, -0.05) is 13.3 Å². The van der Waals surface area contributed by atoms with Crippen LogP contribution in [0.5, 0.6) is 0 Å². The Bertz CT molecular complexity index is 214. The van der Waals surface area contributed by atoms with Crippen molar-refractivity contribution in [2.45, 2.75) is 50.3 Å². The minimum Gasteiger partial charge on any atom is -0.314 e. The number of hydrogen-bond donors (Lipinski definition) is 1. The SMILES string of the molecule is CCNC1CCCC1CN1CCC(SC)CC1. The Labute approximate surface area is 111 Å². The fraction of sp³-hybridized carbons (Fsp3) is 1.00. The average molecular weight is 256 g/mol. The van der Waals surface area contributed by atoms with Crippen LogP contribution in [0.4, 0.5) is 0 Å². The molecule has 2 rings (SSSR count). The molecule has 0 radical (unpaired) electrons. The smallest absolute Gasteiger partial charge is 0.0107 e.